The molecule has 0 amide bonds. The van der Waals surface area contributed by atoms with Crippen molar-refractivity contribution in [1.29, 1.82) is 0 Å². The van der Waals surface area contributed by atoms with Crippen molar-refractivity contribution in [2.45, 2.75) is 6.54 Å². The van der Waals surface area contributed by atoms with Crippen molar-refractivity contribution in [2.24, 2.45) is 4.99 Å². The van der Waals surface area contributed by atoms with Gasteiger partial charge in [0.05, 0.1) is 0 Å². The zero-order valence-electron chi connectivity index (χ0n) is 9.41. The van der Waals surface area contributed by atoms with Gasteiger partial charge in [-0.3, -0.25) is 4.98 Å². The topological polar surface area (TPSA) is 103 Å². The van der Waals surface area contributed by atoms with Gasteiger partial charge in [0.25, 0.3) is 0 Å². The predicted molar refractivity (Wildman–Crippen MR) is 66.4 cm³/mol. The van der Waals surface area contributed by atoms with E-state index in [-0.39, 0.29) is 0 Å². The summed E-state index contributed by atoms with van der Waals surface area (Å²) in [6.45, 7) is 0.595. The molecule has 1 aliphatic heterocycles. The molecule has 7 heteroatoms. The number of aliphatic imine (C=N–C) groups is 1. The van der Waals surface area contributed by atoms with Crippen LogP contribution in [0.25, 0.3) is 0 Å². The molecule has 0 fully saturated rings. The molecule has 0 aromatic carbocycles. The molecule has 0 unspecified atom stereocenters. The number of hydrogen-bond acceptors (Lipinski definition) is 6. The molecule has 0 aliphatic carbocycles. The van der Waals surface area contributed by atoms with Crippen molar-refractivity contribution >= 4 is 23.3 Å². The fourth-order valence-corrected chi connectivity index (χ4v) is 1.57. The van der Waals surface area contributed by atoms with Crippen LogP contribution in [0.15, 0.2) is 35.8 Å². The Labute approximate surface area is 103 Å². The molecular weight excluding hydrogens is 230 g/mol. The number of nitrogen functional groups attached to an aromatic ring is 1. The lowest BCUT2D eigenvalue weighted by Crippen LogP contribution is -2.27. The Morgan fingerprint density at radius 3 is 3.00 bits per heavy atom. The lowest BCUT2D eigenvalue weighted by atomic mass is 10.3. The van der Waals surface area contributed by atoms with E-state index in [4.69, 9.17) is 5.73 Å². The number of hydrogen-bond donors (Lipinski definition) is 2. The molecule has 3 heterocycles. The lowest BCUT2D eigenvalue weighted by Gasteiger charge is -2.03. The van der Waals surface area contributed by atoms with Crippen LogP contribution in [0.3, 0.4) is 0 Å². The van der Waals surface area contributed by atoms with Crippen molar-refractivity contribution < 1.29 is 0 Å². The van der Waals surface area contributed by atoms with Crippen molar-refractivity contribution in [2.75, 3.05) is 5.73 Å². The first-order valence-electron chi connectivity index (χ1n) is 5.36. The second-order valence-electron chi connectivity index (χ2n) is 3.69. The van der Waals surface area contributed by atoms with E-state index in [2.05, 4.69) is 30.6 Å². The predicted octanol–water partition coefficient (Wildman–Crippen LogP) is 0.481. The Bertz CT molecular complexity index is 594. The quantitative estimate of drug-likeness (QED) is 0.794. The third-order valence-corrected chi connectivity index (χ3v) is 2.43. The molecule has 3 N–H and O–H groups in total. The molecule has 2 aromatic heterocycles. The van der Waals surface area contributed by atoms with Crippen LogP contribution in [0.4, 0.5) is 17.3 Å². The number of nitrogens with two attached hydrogens (primary N) is 1. The Balaban J connectivity index is 1.71. The van der Waals surface area contributed by atoms with Gasteiger partial charge < -0.3 is 11.1 Å². The van der Waals surface area contributed by atoms with Gasteiger partial charge >= 0.3 is 0 Å². The number of pyridine rings is 1. The van der Waals surface area contributed by atoms with E-state index >= 15 is 0 Å². The average molecular weight is 240 g/mol. The second-order valence-corrected chi connectivity index (χ2v) is 3.69. The highest BCUT2D eigenvalue weighted by molar-refractivity contribution is 5.95. The van der Waals surface area contributed by atoms with Crippen LogP contribution >= 0.6 is 0 Å². The van der Waals surface area contributed by atoms with Crippen LogP contribution < -0.4 is 16.4 Å². The number of anilines is 1. The Morgan fingerprint density at radius 2 is 2.22 bits per heavy atom. The van der Waals surface area contributed by atoms with E-state index < -0.39 is 0 Å². The van der Waals surface area contributed by atoms with Crippen molar-refractivity contribution in [1.82, 2.24) is 25.6 Å². The normalized spacial score (nSPS) is 12.6. The van der Waals surface area contributed by atoms with Gasteiger partial charge in [0.2, 0.25) is 5.96 Å². The Hall–Kier alpha value is -2.70. The third-order valence-electron chi connectivity index (χ3n) is 2.43. The number of nitrogens with zero attached hydrogens (tertiary/aromatic N) is 5. The van der Waals surface area contributed by atoms with Crippen LogP contribution in [0.1, 0.15) is 5.56 Å². The molecule has 7 nitrogen and oxygen atoms in total. The highest BCUT2D eigenvalue weighted by Crippen LogP contribution is 2.31. The number of aromatic nitrogens is 3. The van der Waals surface area contributed by atoms with Gasteiger partial charge in [-0.25, -0.2) is 15.0 Å². The van der Waals surface area contributed by atoms with E-state index in [0.717, 1.165) is 5.56 Å². The summed E-state index contributed by atoms with van der Waals surface area (Å²) in [6, 6.07) is 3.85. The van der Waals surface area contributed by atoms with Crippen LogP contribution in [0.2, 0.25) is 0 Å². The summed E-state index contributed by atoms with van der Waals surface area (Å²) in [7, 11) is 0. The molecule has 3 rings (SSSR count). The van der Waals surface area contributed by atoms with E-state index in [0.29, 0.717) is 29.8 Å². The number of rotatable bonds is 2. The van der Waals surface area contributed by atoms with Gasteiger partial charge in [-0.05, 0) is 11.6 Å². The van der Waals surface area contributed by atoms with E-state index in [1.54, 1.807) is 12.4 Å². The first-order chi connectivity index (χ1) is 8.83. The highest BCUT2D eigenvalue weighted by Gasteiger charge is 2.19. The SMILES string of the molecule is Nc1ncnc2c1N=C(NCc1cccnc1)[N]2. The van der Waals surface area contributed by atoms with Gasteiger partial charge in [-0.15, -0.1) is 0 Å². The maximum absolute atomic E-state index is 5.69. The molecule has 89 valence electrons. The molecule has 0 bridgehead atoms. The van der Waals surface area contributed by atoms with Gasteiger partial charge in [0, 0.05) is 18.9 Å². The van der Waals surface area contributed by atoms with E-state index in [9.17, 15) is 0 Å². The van der Waals surface area contributed by atoms with Gasteiger partial charge in [0.15, 0.2) is 17.3 Å². The molecule has 0 saturated carbocycles. The van der Waals surface area contributed by atoms with Crippen LogP contribution in [-0.4, -0.2) is 20.9 Å². The molecule has 0 saturated heterocycles. The number of fused-ring (bicyclic) bond motifs is 1. The summed E-state index contributed by atoms with van der Waals surface area (Å²) in [5.41, 5.74) is 7.25. The van der Waals surface area contributed by atoms with Crippen LogP contribution in [-0.2, 0) is 6.54 Å². The first kappa shape index (κ1) is 10.5. The Kier molecular flexibility index (Phi) is 2.49. The molecule has 0 spiro atoms. The summed E-state index contributed by atoms with van der Waals surface area (Å²) in [5, 5.41) is 7.31. The standard InChI is InChI=1S/C11H10N7/c12-9-8-10(16-6-15-9)18-11(17-8)14-5-7-2-1-3-13-4-7/h1-4,6H,5H2,(H,14,17)(H2,12,15,16). The molecular formula is C11H10N7. The van der Waals surface area contributed by atoms with Gasteiger partial charge in [0.1, 0.15) is 6.33 Å². The van der Waals surface area contributed by atoms with Crippen molar-refractivity contribution in [3.63, 3.8) is 0 Å². The zero-order chi connectivity index (χ0) is 12.4. The monoisotopic (exact) mass is 240 g/mol. The highest BCUT2D eigenvalue weighted by atomic mass is 15.3. The summed E-state index contributed by atoms with van der Waals surface area (Å²) in [4.78, 5) is 16.1. The van der Waals surface area contributed by atoms with Gasteiger partial charge in [-0.1, -0.05) is 6.07 Å². The maximum atomic E-state index is 5.69. The largest absolute Gasteiger partial charge is 0.382 e. The average Bonchev–Trinajstić information content (AvgIpc) is 2.82. The molecule has 18 heavy (non-hydrogen) atoms. The minimum absolute atomic E-state index is 0.335. The minimum atomic E-state index is 0.335. The summed E-state index contributed by atoms with van der Waals surface area (Å²) in [5.74, 6) is 1.32. The smallest absolute Gasteiger partial charge is 0.225 e. The minimum Gasteiger partial charge on any atom is -0.382 e. The first-order valence-corrected chi connectivity index (χ1v) is 5.36. The van der Waals surface area contributed by atoms with Crippen LogP contribution in [0.5, 0.6) is 0 Å². The third kappa shape index (κ3) is 1.93. The fraction of sp³-hybridized carbons (Fsp3) is 0.0909. The van der Waals surface area contributed by atoms with E-state index in [1.165, 1.54) is 6.33 Å². The number of guanidine groups is 1. The molecule has 1 aliphatic rings. The molecule has 1 radical (unpaired) electrons. The Morgan fingerprint density at radius 1 is 1.28 bits per heavy atom. The zero-order valence-corrected chi connectivity index (χ0v) is 9.41. The number of nitrogens with one attached hydrogen (secondary N) is 1. The lowest BCUT2D eigenvalue weighted by molar-refractivity contribution is 0.879. The van der Waals surface area contributed by atoms with E-state index in [1.807, 2.05) is 12.1 Å². The molecule has 2 aromatic rings. The van der Waals surface area contributed by atoms with Crippen LogP contribution in [0, 0.1) is 0 Å². The fourth-order valence-electron chi connectivity index (χ4n) is 1.57. The van der Waals surface area contributed by atoms with Crippen molar-refractivity contribution in [3.05, 3.63) is 36.4 Å². The summed E-state index contributed by atoms with van der Waals surface area (Å²) >= 11 is 0. The summed E-state index contributed by atoms with van der Waals surface area (Å²) < 4.78 is 0. The maximum Gasteiger partial charge on any atom is 0.225 e. The second kappa shape index (κ2) is 4.28. The summed E-state index contributed by atoms with van der Waals surface area (Å²) in [6.07, 6.45) is 4.88. The molecule has 0 atom stereocenters. The van der Waals surface area contributed by atoms with Crippen molar-refractivity contribution in [3.8, 4) is 0 Å². The van der Waals surface area contributed by atoms with Gasteiger partial charge in [-0.2, -0.15) is 5.32 Å².